The van der Waals surface area contributed by atoms with Gasteiger partial charge in [0.05, 0.1) is 4.91 Å². The van der Waals surface area contributed by atoms with Crippen LogP contribution < -0.4 is 0 Å². The van der Waals surface area contributed by atoms with Gasteiger partial charge in [-0.1, -0.05) is 28.1 Å². The minimum atomic E-state index is -0.413. The maximum atomic E-state index is 12.4. The van der Waals surface area contributed by atoms with E-state index in [1.807, 2.05) is 38.1 Å². The summed E-state index contributed by atoms with van der Waals surface area (Å²) >= 11 is 4.21. The fourth-order valence-electron chi connectivity index (χ4n) is 2.16. The second kappa shape index (κ2) is 7.79. The van der Waals surface area contributed by atoms with Crippen LogP contribution in [0.2, 0.25) is 0 Å². The van der Waals surface area contributed by atoms with Gasteiger partial charge < -0.3 is 4.90 Å². The molecule has 122 valence electrons. The molecule has 1 aromatic rings. The molecule has 5 nitrogen and oxygen atoms in total. The van der Waals surface area contributed by atoms with Crippen LogP contribution >= 0.6 is 27.7 Å². The number of carbonyl (C=O) groups excluding carboxylic acids is 3. The first kappa shape index (κ1) is 17.7. The van der Waals surface area contributed by atoms with Gasteiger partial charge in [0.2, 0.25) is 5.91 Å². The predicted molar refractivity (Wildman–Crippen MR) is 94.7 cm³/mol. The van der Waals surface area contributed by atoms with Gasteiger partial charge >= 0.3 is 0 Å². The molecule has 3 amide bonds. The molecule has 1 aliphatic heterocycles. The van der Waals surface area contributed by atoms with Crippen LogP contribution in [0.5, 0.6) is 0 Å². The molecule has 1 fully saturated rings. The maximum absolute atomic E-state index is 12.4. The van der Waals surface area contributed by atoms with E-state index in [0.717, 1.165) is 26.7 Å². The number of rotatable bonds is 5. The Bertz CT molecular complexity index is 654. The quantitative estimate of drug-likeness (QED) is 0.715. The van der Waals surface area contributed by atoms with E-state index in [1.54, 1.807) is 11.0 Å². The van der Waals surface area contributed by atoms with Gasteiger partial charge in [0, 0.05) is 17.6 Å². The first-order chi connectivity index (χ1) is 11.0. The Kier molecular flexibility index (Phi) is 6.01. The second-order valence-corrected chi connectivity index (χ2v) is 6.79. The lowest BCUT2D eigenvalue weighted by molar-refractivity contribution is -0.135. The van der Waals surface area contributed by atoms with E-state index >= 15 is 0 Å². The summed E-state index contributed by atoms with van der Waals surface area (Å²) in [5, 5.41) is -0.404. The van der Waals surface area contributed by atoms with E-state index in [1.165, 1.54) is 0 Å². The second-order valence-electron chi connectivity index (χ2n) is 4.89. The van der Waals surface area contributed by atoms with E-state index in [9.17, 15) is 14.4 Å². The Balaban J connectivity index is 2.13. The van der Waals surface area contributed by atoms with Crippen molar-refractivity contribution in [3.8, 4) is 0 Å². The number of thioether (sulfide) groups is 1. The molecule has 0 bridgehead atoms. The Labute approximate surface area is 147 Å². The highest BCUT2D eigenvalue weighted by atomic mass is 79.9. The molecule has 1 aromatic carbocycles. The van der Waals surface area contributed by atoms with Gasteiger partial charge in [-0.3, -0.25) is 19.3 Å². The Hall–Kier alpha value is -1.60. The Morgan fingerprint density at radius 2 is 1.83 bits per heavy atom. The average Bonchev–Trinajstić information content (AvgIpc) is 2.78. The normalized spacial score (nSPS) is 16.3. The molecule has 0 aliphatic carbocycles. The van der Waals surface area contributed by atoms with Crippen molar-refractivity contribution in [1.29, 1.82) is 0 Å². The zero-order valence-electron chi connectivity index (χ0n) is 12.9. The lowest BCUT2D eigenvalue weighted by Crippen LogP contribution is -2.41. The van der Waals surface area contributed by atoms with Crippen molar-refractivity contribution < 1.29 is 14.4 Å². The van der Waals surface area contributed by atoms with Gasteiger partial charge in [-0.15, -0.1) is 0 Å². The van der Waals surface area contributed by atoms with Gasteiger partial charge in [-0.05, 0) is 49.4 Å². The van der Waals surface area contributed by atoms with Crippen LogP contribution in [0.4, 0.5) is 4.79 Å². The molecular formula is C16H17BrN2O3S. The van der Waals surface area contributed by atoms with Crippen molar-refractivity contribution in [2.45, 2.75) is 13.8 Å². The number of halogens is 1. The van der Waals surface area contributed by atoms with Crippen LogP contribution in [0.15, 0.2) is 33.6 Å². The van der Waals surface area contributed by atoms with Crippen LogP contribution in [-0.2, 0) is 9.59 Å². The highest BCUT2D eigenvalue weighted by Crippen LogP contribution is 2.32. The van der Waals surface area contributed by atoms with Crippen LogP contribution in [0.1, 0.15) is 19.4 Å². The summed E-state index contributed by atoms with van der Waals surface area (Å²) in [6.45, 7) is 4.63. The maximum Gasteiger partial charge on any atom is 0.294 e. The zero-order chi connectivity index (χ0) is 17.0. The summed E-state index contributed by atoms with van der Waals surface area (Å²) in [5.74, 6) is -0.634. The summed E-state index contributed by atoms with van der Waals surface area (Å²) < 4.78 is 0.938. The zero-order valence-corrected chi connectivity index (χ0v) is 15.3. The summed E-state index contributed by atoms with van der Waals surface area (Å²) in [5.41, 5.74) is 0.828. The summed E-state index contributed by atoms with van der Waals surface area (Å²) in [4.78, 5) is 39.4. The van der Waals surface area contributed by atoms with E-state index in [0.29, 0.717) is 18.0 Å². The summed E-state index contributed by atoms with van der Waals surface area (Å²) in [6, 6.07) is 7.41. The molecular weight excluding hydrogens is 380 g/mol. The minimum absolute atomic E-state index is 0.204. The number of carbonyl (C=O) groups is 3. The molecule has 0 saturated carbocycles. The monoisotopic (exact) mass is 396 g/mol. The van der Waals surface area contributed by atoms with Gasteiger partial charge in [-0.2, -0.15) is 0 Å². The van der Waals surface area contributed by atoms with Crippen molar-refractivity contribution in [2.75, 3.05) is 19.6 Å². The Morgan fingerprint density at radius 1 is 1.22 bits per heavy atom. The largest absolute Gasteiger partial charge is 0.342 e. The van der Waals surface area contributed by atoms with Crippen molar-refractivity contribution in [3.05, 3.63) is 39.2 Å². The molecule has 7 heteroatoms. The van der Waals surface area contributed by atoms with Gasteiger partial charge in [0.25, 0.3) is 11.1 Å². The third-order valence-electron chi connectivity index (χ3n) is 3.45. The van der Waals surface area contributed by atoms with Crippen molar-refractivity contribution in [2.24, 2.45) is 0 Å². The topological polar surface area (TPSA) is 57.7 Å². The molecule has 0 unspecified atom stereocenters. The lowest BCUT2D eigenvalue weighted by Gasteiger charge is -2.21. The number of benzene rings is 1. The molecule has 0 aromatic heterocycles. The first-order valence-electron chi connectivity index (χ1n) is 7.25. The number of nitrogens with zero attached hydrogens (tertiary/aromatic N) is 2. The Morgan fingerprint density at radius 3 is 2.39 bits per heavy atom. The van der Waals surface area contributed by atoms with Crippen LogP contribution in [-0.4, -0.2) is 46.5 Å². The molecule has 1 heterocycles. The van der Waals surface area contributed by atoms with Gasteiger partial charge in [-0.25, -0.2) is 0 Å². The summed E-state index contributed by atoms with van der Waals surface area (Å²) in [6.07, 6.45) is 1.67. The highest BCUT2D eigenvalue weighted by molar-refractivity contribution is 9.10. The van der Waals surface area contributed by atoms with Crippen molar-refractivity contribution in [1.82, 2.24) is 9.80 Å². The SMILES string of the molecule is CCN(CC)C(=O)CN1C(=O)S/C(=C\c2ccc(Br)cc2)C1=O. The molecule has 0 spiro atoms. The first-order valence-corrected chi connectivity index (χ1v) is 8.86. The molecule has 0 atom stereocenters. The number of likely N-dealkylation sites (N-methyl/N-ethyl adjacent to an activating group) is 1. The third kappa shape index (κ3) is 4.23. The molecule has 2 rings (SSSR count). The van der Waals surface area contributed by atoms with Crippen LogP contribution in [0.3, 0.4) is 0 Å². The smallest absolute Gasteiger partial charge is 0.294 e. The fraction of sp³-hybridized carbons (Fsp3) is 0.312. The van der Waals surface area contributed by atoms with Gasteiger partial charge in [0.15, 0.2) is 0 Å². The number of imide groups is 1. The van der Waals surface area contributed by atoms with E-state index in [-0.39, 0.29) is 12.5 Å². The van der Waals surface area contributed by atoms with Crippen LogP contribution in [0.25, 0.3) is 6.08 Å². The summed E-state index contributed by atoms with van der Waals surface area (Å²) in [7, 11) is 0. The predicted octanol–water partition coefficient (Wildman–Crippen LogP) is 3.35. The lowest BCUT2D eigenvalue weighted by atomic mass is 10.2. The van der Waals surface area contributed by atoms with Crippen molar-refractivity contribution in [3.63, 3.8) is 0 Å². The molecule has 23 heavy (non-hydrogen) atoms. The molecule has 1 aliphatic rings. The standard InChI is InChI=1S/C16H17BrN2O3S/c1-3-18(4-2)14(20)10-19-15(21)13(23-16(19)22)9-11-5-7-12(17)8-6-11/h5-9H,3-4,10H2,1-2H3/b13-9-. The molecule has 1 saturated heterocycles. The number of amides is 3. The minimum Gasteiger partial charge on any atom is -0.342 e. The van der Waals surface area contributed by atoms with Gasteiger partial charge in [0.1, 0.15) is 6.54 Å². The van der Waals surface area contributed by atoms with Crippen molar-refractivity contribution >= 4 is 50.8 Å². The number of hydrogen-bond donors (Lipinski definition) is 0. The van der Waals surface area contributed by atoms with Crippen LogP contribution in [0, 0.1) is 0 Å². The fourth-order valence-corrected chi connectivity index (χ4v) is 3.26. The molecule has 0 N–H and O–H groups in total. The third-order valence-corrected chi connectivity index (χ3v) is 4.89. The van der Waals surface area contributed by atoms with E-state index < -0.39 is 11.1 Å². The number of hydrogen-bond acceptors (Lipinski definition) is 4. The average molecular weight is 397 g/mol. The van der Waals surface area contributed by atoms with E-state index in [4.69, 9.17) is 0 Å². The highest BCUT2D eigenvalue weighted by Gasteiger charge is 2.36. The van der Waals surface area contributed by atoms with E-state index in [2.05, 4.69) is 15.9 Å². The molecule has 0 radical (unpaired) electrons.